The smallest absolute Gasteiger partial charge is 0.276 e. The summed E-state index contributed by atoms with van der Waals surface area (Å²) < 4.78 is 6.82. The molecule has 1 saturated heterocycles. The molecule has 1 fully saturated rings. The Labute approximate surface area is 141 Å². The van der Waals surface area contributed by atoms with Crippen LogP contribution in [-0.2, 0) is 11.3 Å². The lowest BCUT2D eigenvalue weighted by Gasteiger charge is -2.40. The number of pyridine rings is 1. The number of aromatic hydroxyl groups is 2. The van der Waals surface area contributed by atoms with Crippen molar-refractivity contribution in [1.29, 1.82) is 0 Å². The van der Waals surface area contributed by atoms with Crippen LogP contribution in [0.25, 0.3) is 0 Å². The van der Waals surface area contributed by atoms with Crippen molar-refractivity contribution in [3.05, 3.63) is 22.1 Å². The highest BCUT2D eigenvalue weighted by Crippen LogP contribution is 2.27. The van der Waals surface area contributed by atoms with Crippen LogP contribution in [0.4, 0.5) is 0 Å². The Morgan fingerprint density at radius 2 is 1.75 bits per heavy atom. The second-order valence-corrected chi connectivity index (χ2v) is 4.37. The number of rotatable bonds is 0. The number of hydrogen-bond donors (Lipinski definition) is 2. The molecule has 0 bridgehead atoms. The van der Waals surface area contributed by atoms with Gasteiger partial charge in [0.25, 0.3) is 11.3 Å². The molecule has 1 unspecified atom stereocenters. The fourth-order valence-electron chi connectivity index (χ4n) is 2.38. The maximum atomic E-state index is 12.2. The van der Waals surface area contributed by atoms with Gasteiger partial charge >= 0.3 is 0 Å². The van der Waals surface area contributed by atoms with E-state index in [9.17, 15) is 19.8 Å². The lowest BCUT2D eigenvalue weighted by Crippen LogP contribution is -2.53. The second kappa shape index (κ2) is 9.98. The van der Waals surface area contributed by atoms with Crippen LogP contribution < -0.4 is 5.43 Å². The zero-order valence-corrected chi connectivity index (χ0v) is 13.8. The van der Waals surface area contributed by atoms with E-state index in [1.165, 1.54) is 9.47 Å². The Bertz CT molecular complexity index is 654. The lowest BCUT2D eigenvalue weighted by atomic mass is 10.1. The SMILES string of the molecule is C#C.C#C.CC.O=C1c2c(O)c(=O)c(O)cn2CC2OCCCN12. The molecule has 130 valence electrons. The third-order valence-electron chi connectivity index (χ3n) is 3.25. The number of aromatic nitrogens is 1. The highest BCUT2D eigenvalue weighted by molar-refractivity contribution is 5.96. The molecule has 0 aliphatic carbocycles. The van der Waals surface area contributed by atoms with Crippen molar-refractivity contribution in [2.24, 2.45) is 0 Å². The van der Waals surface area contributed by atoms with E-state index in [0.29, 0.717) is 19.7 Å². The van der Waals surface area contributed by atoms with Gasteiger partial charge in [0.1, 0.15) is 0 Å². The van der Waals surface area contributed by atoms with Gasteiger partial charge in [-0.3, -0.25) is 9.59 Å². The molecule has 2 aliphatic heterocycles. The molecule has 2 N–H and O–H groups in total. The molecule has 2 aliphatic rings. The lowest BCUT2D eigenvalue weighted by molar-refractivity contribution is -0.0920. The minimum atomic E-state index is -0.925. The zero-order chi connectivity index (χ0) is 18.9. The fraction of sp³-hybridized carbons (Fsp3) is 0.412. The molecule has 0 saturated carbocycles. The van der Waals surface area contributed by atoms with Gasteiger partial charge in [-0.05, 0) is 6.42 Å². The Morgan fingerprint density at radius 3 is 2.33 bits per heavy atom. The Kier molecular flexibility index (Phi) is 8.78. The van der Waals surface area contributed by atoms with Crippen LogP contribution in [0.5, 0.6) is 11.5 Å². The number of amides is 1. The van der Waals surface area contributed by atoms with Crippen LogP contribution >= 0.6 is 0 Å². The normalized spacial score (nSPS) is 17.3. The third-order valence-corrected chi connectivity index (χ3v) is 3.25. The summed E-state index contributed by atoms with van der Waals surface area (Å²) in [4.78, 5) is 25.1. The van der Waals surface area contributed by atoms with E-state index in [1.807, 2.05) is 13.8 Å². The van der Waals surface area contributed by atoms with Crippen molar-refractivity contribution in [2.45, 2.75) is 33.0 Å². The maximum Gasteiger partial charge on any atom is 0.276 e. The van der Waals surface area contributed by atoms with Gasteiger partial charge in [0.15, 0.2) is 23.4 Å². The third kappa shape index (κ3) is 3.89. The summed E-state index contributed by atoms with van der Waals surface area (Å²) in [7, 11) is 0. The van der Waals surface area contributed by atoms with Gasteiger partial charge in [-0.25, -0.2) is 0 Å². The standard InChI is InChI=1S/C11H12N2O5.C2H6.2C2H2/c14-6-4-12-5-7-13(2-1-3-18-7)11(17)8(12)10(16)9(6)15;3*1-2/h4,7,14,16H,1-3,5H2;1-2H3;2*1-2H. The summed E-state index contributed by atoms with van der Waals surface area (Å²) >= 11 is 0. The van der Waals surface area contributed by atoms with Gasteiger partial charge in [-0.1, -0.05) is 13.8 Å². The maximum absolute atomic E-state index is 12.2. The van der Waals surface area contributed by atoms with Crippen molar-refractivity contribution in [1.82, 2.24) is 9.47 Å². The molecule has 1 amide bonds. The number of carbonyl (C=O) groups is 1. The Morgan fingerprint density at radius 1 is 1.17 bits per heavy atom. The summed E-state index contributed by atoms with van der Waals surface area (Å²) in [5.74, 6) is -1.72. The zero-order valence-electron chi connectivity index (χ0n) is 13.8. The quantitative estimate of drug-likeness (QED) is 0.690. The van der Waals surface area contributed by atoms with E-state index in [-0.39, 0.29) is 5.69 Å². The predicted octanol–water partition coefficient (Wildman–Crippen LogP) is 0.987. The predicted molar refractivity (Wildman–Crippen MR) is 90.6 cm³/mol. The monoisotopic (exact) mass is 334 g/mol. The minimum Gasteiger partial charge on any atom is -0.503 e. The summed E-state index contributed by atoms with van der Waals surface area (Å²) in [6, 6.07) is 0. The van der Waals surface area contributed by atoms with Gasteiger partial charge in [-0.2, -0.15) is 0 Å². The van der Waals surface area contributed by atoms with Gasteiger partial charge in [0, 0.05) is 6.54 Å². The molecule has 7 nitrogen and oxygen atoms in total. The van der Waals surface area contributed by atoms with Crippen LogP contribution in [0, 0.1) is 25.7 Å². The van der Waals surface area contributed by atoms with Crippen molar-refractivity contribution >= 4 is 5.91 Å². The molecular weight excluding hydrogens is 312 g/mol. The Balaban J connectivity index is 0.000000798. The van der Waals surface area contributed by atoms with Crippen molar-refractivity contribution in [2.75, 3.05) is 13.2 Å². The van der Waals surface area contributed by atoms with Crippen molar-refractivity contribution < 1.29 is 19.7 Å². The molecule has 0 radical (unpaired) electrons. The molecule has 0 aromatic carbocycles. The van der Waals surface area contributed by atoms with Crippen LogP contribution in [0.15, 0.2) is 11.0 Å². The van der Waals surface area contributed by atoms with Gasteiger partial charge in [-0.15, -0.1) is 25.7 Å². The van der Waals surface area contributed by atoms with Crippen LogP contribution in [0.1, 0.15) is 30.8 Å². The molecular formula is C17H22N2O5. The van der Waals surface area contributed by atoms with Gasteiger partial charge in [0.05, 0.1) is 19.3 Å². The summed E-state index contributed by atoms with van der Waals surface area (Å²) in [6.45, 7) is 5.41. The highest BCUT2D eigenvalue weighted by atomic mass is 16.5. The summed E-state index contributed by atoms with van der Waals surface area (Å²) in [5.41, 5.74) is -1.01. The average molecular weight is 334 g/mol. The first-order chi connectivity index (χ1) is 11.6. The first-order valence-electron chi connectivity index (χ1n) is 7.34. The average Bonchev–Trinajstić information content (AvgIpc) is 2.65. The second-order valence-electron chi connectivity index (χ2n) is 4.37. The molecule has 3 rings (SSSR count). The molecule has 7 heteroatoms. The number of terminal acetylenes is 2. The van der Waals surface area contributed by atoms with Crippen molar-refractivity contribution in [3.63, 3.8) is 0 Å². The van der Waals surface area contributed by atoms with Gasteiger partial charge in [0.2, 0.25) is 0 Å². The van der Waals surface area contributed by atoms with Crippen molar-refractivity contribution in [3.8, 4) is 37.2 Å². The first-order valence-corrected chi connectivity index (χ1v) is 7.34. The number of fused-ring (bicyclic) bond motifs is 2. The first kappa shape index (κ1) is 21.1. The minimum absolute atomic E-state index is 0.0837. The molecule has 1 aromatic rings. The fourth-order valence-corrected chi connectivity index (χ4v) is 2.38. The summed E-state index contributed by atoms with van der Waals surface area (Å²) in [6.07, 6.45) is 17.5. The van der Waals surface area contributed by atoms with Crippen LogP contribution in [-0.4, -0.2) is 45.0 Å². The number of hydrogen-bond acceptors (Lipinski definition) is 5. The van der Waals surface area contributed by atoms with E-state index < -0.39 is 29.1 Å². The van der Waals surface area contributed by atoms with E-state index in [1.54, 1.807) is 0 Å². The largest absolute Gasteiger partial charge is 0.503 e. The topological polar surface area (TPSA) is 92.0 Å². The van der Waals surface area contributed by atoms with Crippen LogP contribution in [0.3, 0.4) is 0 Å². The number of nitrogens with zero attached hydrogens (tertiary/aromatic N) is 2. The Hall–Kier alpha value is -2.90. The van der Waals surface area contributed by atoms with Crippen LogP contribution in [0.2, 0.25) is 0 Å². The number of carbonyl (C=O) groups excluding carboxylic acids is 1. The molecule has 1 atom stereocenters. The highest BCUT2D eigenvalue weighted by Gasteiger charge is 2.37. The molecule has 1 aromatic heterocycles. The number of ether oxygens (including phenoxy) is 1. The molecule has 3 heterocycles. The van der Waals surface area contributed by atoms with E-state index in [0.717, 1.165) is 12.6 Å². The molecule has 0 spiro atoms. The van der Waals surface area contributed by atoms with E-state index in [2.05, 4.69) is 25.7 Å². The summed E-state index contributed by atoms with van der Waals surface area (Å²) in [5, 5.41) is 19.1. The van der Waals surface area contributed by atoms with E-state index >= 15 is 0 Å². The van der Waals surface area contributed by atoms with Gasteiger partial charge < -0.3 is 24.4 Å². The molecule has 24 heavy (non-hydrogen) atoms. The van der Waals surface area contributed by atoms with E-state index in [4.69, 9.17) is 4.74 Å².